The van der Waals surface area contributed by atoms with E-state index in [2.05, 4.69) is 25.7 Å². The van der Waals surface area contributed by atoms with Gasteiger partial charge < -0.3 is 4.74 Å². The summed E-state index contributed by atoms with van der Waals surface area (Å²) in [5.41, 5.74) is 0. The van der Waals surface area contributed by atoms with E-state index in [4.69, 9.17) is 4.74 Å². The fraction of sp³-hybridized carbons (Fsp3) is 1.00. The maximum atomic E-state index is 5.24. The Hall–Kier alpha value is -0.0800. The number of nitrogens with zero attached hydrogens (tertiary/aromatic N) is 1. The van der Waals surface area contributed by atoms with Gasteiger partial charge in [-0.1, -0.05) is 20.8 Å². The summed E-state index contributed by atoms with van der Waals surface area (Å²) in [6, 6.07) is 1.45. The minimum absolute atomic E-state index is 0.669. The number of likely N-dealkylation sites (tertiary alicyclic amines) is 1. The van der Waals surface area contributed by atoms with Gasteiger partial charge in [-0.2, -0.15) is 0 Å². The highest BCUT2D eigenvalue weighted by molar-refractivity contribution is 4.88. The van der Waals surface area contributed by atoms with Gasteiger partial charge in [-0.3, -0.25) is 4.90 Å². The van der Waals surface area contributed by atoms with Gasteiger partial charge in [0.2, 0.25) is 0 Å². The lowest BCUT2D eigenvalue weighted by Gasteiger charge is -2.30. The summed E-state index contributed by atoms with van der Waals surface area (Å²) in [7, 11) is 1.80. The molecule has 1 aliphatic rings. The third kappa shape index (κ3) is 2.44. The quantitative estimate of drug-likeness (QED) is 0.665. The third-order valence-electron chi connectivity index (χ3n) is 3.18. The van der Waals surface area contributed by atoms with Gasteiger partial charge in [0, 0.05) is 19.2 Å². The van der Waals surface area contributed by atoms with Crippen molar-refractivity contribution in [3.63, 3.8) is 0 Å². The minimum atomic E-state index is 0.669. The molecule has 2 heteroatoms. The van der Waals surface area contributed by atoms with Crippen LogP contribution in [-0.4, -0.2) is 37.2 Å². The summed E-state index contributed by atoms with van der Waals surface area (Å²) in [6.45, 7) is 8.96. The highest BCUT2D eigenvalue weighted by atomic mass is 16.5. The molecule has 1 fully saturated rings. The van der Waals surface area contributed by atoms with E-state index in [0.717, 1.165) is 25.1 Å². The first-order valence-electron chi connectivity index (χ1n) is 5.45. The topological polar surface area (TPSA) is 12.5 Å². The van der Waals surface area contributed by atoms with E-state index in [0.29, 0.717) is 6.04 Å². The van der Waals surface area contributed by atoms with E-state index < -0.39 is 0 Å². The molecular weight excluding hydrogens is 162 g/mol. The summed E-state index contributed by atoms with van der Waals surface area (Å²) >= 11 is 0. The first kappa shape index (κ1) is 11.0. The van der Waals surface area contributed by atoms with Crippen molar-refractivity contribution < 1.29 is 4.74 Å². The zero-order chi connectivity index (χ0) is 9.84. The van der Waals surface area contributed by atoms with Crippen molar-refractivity contribution in [2.75, 3.05) is 20.3 Å². The van der Waals surface area contributed by atoms with Gasteiger partial charge in [0.05, 0.1) is 6.61 Å². The second kappa shape index (κ2) is 4.97. The number of methoxy groups -OCH3 is 1. The van der Waals surface area contributed by atoms with E-state index in [9.17, 15) is 0 Å². The van der Waals surface area contributed by atoms with Gasteiger partial charge in [0.25, 0.3) is 0 Å². The molecule has 0 bridgehead atoms. The van der Waals surface area contributed by atoms with E-state index in [1.807, 2.05) is 0 Å². The molecule has 1 heterocycles. The zero-order valence-corrected chi connectivity index (χ0v) is 9.42. The van der Waals surface area contributed by atoms with Gasteiger partial charge in [0.15, 0.2) is 0 Å². The standard InChI is InChI=1S/C11H23NO/c1-5-12-10(8-13-4)6-7-11(12)9(2)3/h9-11H,5-8H2,1-4H3/t10-,11+/m1/s1. The van der Waals surface area contributed by atoms with E-state index >= 15 is 0 Å². The van der Waals surface area contributed by atoms with Gasteiger partial charge in [-0.25, -0.2) is 0 Å². The molecule has 1 aliphatic heterocycles. The first-order chi connectivity index (χ1) is 6.20. The normalized spacial score (nSPS) is 30.2. The van der Waals surface area contributed by atoms with Crippen molar-refractivity contribution in [1.29, 1.82) is 0 Å². The molecule has 0 unspecified atom stereocenters. The lowest BCUT2D eigenvalue weighted by Crippen LogP contribution is -2.40. The molecular formula is C11H23NO. The predicted molar refractivity (Wildman–Crippen MR) is 55.9 cm³/mol. The van der Waals surface area contributed by atoms with Crippen LogP contribution >= 0.6 is 0 Å². The molecule has 0 aromatic heterocycles. The molecule has 0 aliphatic carbocycles. The average Bonchev–Trinajstić information content (AvgIpc) is 2.48. The van der Waals surface area contributed by atoms with Crippen LogP contribution in [0.2, 0.25) is 0 Å². The molecule has 0 N–H and O–H groups in total. The highest BCUT2D eigenvalue weighted by Gasteiger charge is 2.33. The largest absolute Gasteiger partial charge is 0.383 e. The Morgan fingerprint density at radius 3 is 2.54 bits per heavy atom. The van der Waals surface area contributed by atoms with Gasteiger partial charge in [-0.05, 0) is 25.3 Å². The second-order valence-corrected chi connectivity index (χ2v) is 4.33. The van der Waals surface area contributed by atoms with Crippen molar-refractivity contribution >= 4 is 0 Å². The van der Waals surface area contributed by atoms with Crippen LogP contribution in [0, 0.1) is 5.92 Å². The number of hydrogen-bond acceptors (Lipinski definition) is 2. The fourth-order valence-corrected chi connectivity index (χ4v) is 2.55. The molecule has 0 spiro atoms. The highest BCUT2D eigenvalue weighted by Crippen LogP contribution is 2.28. The summed E-state index contributed by atoms with van der Waals surface area (Å²) in [4.78, 5) is 2.61. The van der Waals surface area contributed by atoms with Crippen LogP contribution < -0.4 is 0 Å². The van der Waals surface area contributed by atoms with Gasteiger partial charge >= 0.3 is 0 Å². The predicted octanol–water partition coefficient (Wildman–Crippen LogP) is 2.14. The summed E-state index contributed by atoms with van der Waals surface area (Å²) in [5, 5.41) is 0. The average molecular weight is 185 g/mol. The van der Waals surface area contributed by atoms with Crippen LogP contribution in [-0.2, 0) is 4.74 Å². The van der Waals surface area contributed by atoms with Crippen LogP contribution in [0.4, 0.5) is 0 Å². The summed E-state index contributed by atoms with van der Waals surface area (Å²) in [6.07, 6.45) is 2.66. The number of likely N-dealkylation sites (N-methyl/N-ethyl adjacent to an activating group) is 1. The maximum Gasteiger partial charge on any atom is 0.0618 e. The smallest absolute Gasteiger partial charge is 0.0618 e. The van der Waals surface area contributed by atoms with Crippen LogP contribution in [0.3, 0.4) is 0 Å². The molecule has 1 saturated heterocycles. The van der Waals surface area contributed by atoms with Crippen LogP contribution in [0.25, 0.3) is 0 Å². The van der Waals surface area contributed by atoms with Crippen LogP contribution in [0.15, 0.2) is 0 Å². The maximum absolute atomic E-state index is 5.24. The molecule has 0 radical (unpaired) electrons. The van der Waals surface area contributed by atoms with Crippen molar-refractivity contribution in [1.82, 2.24) is 4.90 Å². The number of rotatable bonds is 4. The SMILES string of the molecule is CCN1[C@@H](COC)CC[C@H]1C(C)C. The lowest BCUT2D eigenvalue weighted by atomic mass is 10.0. The summed E-state index contributed by atoms with van der Waals surface area (Å²) in [5.74, 6) is 0.779. The molecule has 0 aromatic rings. The van der Waals surface area contributed by atoms with Crippen molar-refractivity contribution in [3.05, 3.63) is 0 Å². The number of ether oxygens (including phenoxy) is 1. The minimum Gasteiger partial charge on any atom is -0.383 e. The lowest BCUT2D eigenvalue weighted by molar-refractivity contribution is 0.0887. The van der Waals surface area contributed by atoms with Crippen LogP contribution in [0.5, 0.6) is 0 Å². The molecule has 0 aromatic carbocycles. The van der Waals surface area contributed by atoms with Gasteiger partial charge in [0.1, 0.15) is 0 Å². The van der Waals surface area contributed by atoms with Crippen molar-refractivity contribution in [2.24, 2.45) is 5.92 Å². The van der Waals surface area contributed by atoms with Crippen molar-refractivity contribution in [2.45, 2.75) is 45.7 Å². The Kier molecular flexibility index (Phi) is 4.20. The molecule has 13 heavy (non-hydrogen) atoms. The molecule has 0 saturated carbocycles. The van der Waals surface area contributed by atoms with E-state index in [-0.39, 0.29) is 0 Å². The Bertz CT molecular complexity index is 147. The first-order valence-corrected chi connectivity index (χ1v) is 5.45. The Labute approximate surface area is 82.3 Å². The van der Waals surface area contributed by atoms with Crippen LogP contribution in [0.1, 0.15) is 33.6 Å². The third-order valence-corrected chi connectivity index (χ3v) is 3.18. The van der Waals surface area contributed by atoms with Gasteiger partial charge in [-0.15, -0.1) is 0 Å². The second-order valence-electron chi connectivity index (χ2n) is 4.33. The fourth-order valence-electron chi connectivity index (χ4n) is 2.55. The Balaban J connectivity index is 2.52. The van der Waals surface area contributed by atoms with E-state index in [1.54, 1.807) is 7.11 Å². The summed E-state index contributed by atoms with van der Waals surface area (Å²) < 4.78 is 5.24. The molecule has 2 nitrogen and oxygen atoms in total. The monoisotopic (exact) mass is 185 g/mol. The Morgan fingerprint density at radius 2 is 2.08 bits per heavy atom. The van der Waals surface area contributed by atoms with E-state index in [1.165, 1.54) is 12.8 Å². The van der Waals surface area contributed by atoms with Crippen molar-refractivity contribution in [3.8, 4) is 0 Å². The molecule has 78 valence electrons. The zero-order valence-electron chi connectivity index (χ0n) is 9.42. The molecule has 1 rings (SSSR count). The molecule has 2 atom stereocenters. The Morgan fingerprint density at radius 1 is 1.38 bits per heavy atom. The number of hydrogen-bond donors (Lipinski definition) is 0. The molecule has 0 amide bonds.